The SMILES string of the molecule is CC(N)c1ccc(N2CCN(C(C)(C)C)CC2)nc1. The van der Waals surface area contributed by atoms with E-state index in [1.165, 1.54) is 0 Å². The van der Waals surface area contributed by atoms with Gasteiger partial charge in [-0.2, -0.15) is 0 Å². The minimum absolute atomic E-state index is 0.0549. The molecule has 1 unspecified atom stereocenters. The quantitative estimate of drug-likeness (QED) is 0.885. The molecular formula is C15H26N4. The Bertz CT molecular complexity index is 397. The molecule has 1 saturated heterocycles. The van der Waals surface area contributed by atoms with Crippen molar-refractivity contribution in [1.29, 1.82) is 0 Å². The largest absolute Gasteiger partial charge is 0.354 e. The van der Waals surface area contributed by atoms with E-state index >= 15 is 0 Å². The number of pyridine rings is 1. The number of hydrogen-bond donors (Lipinski definition) is 1. The van der Waals surface area contributed by atoms with Crippen LogP contribution in [0.1, 0.15) is 39.3 Å². The predicted molar refractivity (Wildman–Crippen MR) is 80.4 cm³/mol. The van der Waals surface area contributed by atoms with E-state index in [1.54, 1.807) is 0 Å². The molecule has 4 nitrogen and oxygen atoms in total. The lowest BCUT2D eigenvalue weighted by Gasteiger charge is -2.42. The molecule has 0 saturated carbocycles. The van der Waals surface area contributed by atoms with E-state index in [0.717, 1.165) is 37.6 Å². The van der Waals surface area contributed by atoms with Crippen molar-refractivity contribution in [1.82, 2.24) is 9.88 Å². The van der Waals surface area contributed by atoms with Gasteiger partial charge in [0.2, 0.25) is 0 Å². The fourth-order valence-electron chi connectivity index (χ4n) is 2.46. The predicted octanol–water partition coefficient (Wildman–Crippen LogP) is 2.02. The van der Waals surface area contributed by atoms with Gasteiger partial charge in [0, 0.05) is 44.0 Å². The molecule has 0 aromatic carbocycles. The average molecular weight is 262 g/mol. The maximum Gasteiger partial charge on any atom is 0.128 e. The molecule has 1 atom stereocenters. The second-order valence-electron chi connectivity index (χ2n) is 6.38. The van der Waals surface area contributed by atoms with Gasteiger partial charge in [-0.3, -0.25) is 4.90 Å². The van der Waals surface area contributed by atoms with E-state index in [2.05, 4.69) is 47.7 Å². The molecule has 0 radical (unpaired) electrons. The highest BCUT2D eigenvalue weighted by atomic mass is 15.3. The summed E-state index contributed by atoms with van der Waals surface area (Å²) in [4.78, 5) is 9.42. The highest BCUT2D eigenvalue weighted by Gasteiger charge is 2.26. The third-order valence-electron chi connectivity index (χ3n) is 3.85. The Morgan fingerprint density at radius 3 is 2.21 bits per heavy atom. The number of anilines is 1. The molecule has 1 fully saturated rings. The molecule has 0 aliphatic carbocycles. The summed E-state index contributed by atoms with van der Waals surface area (Å²) < 4.78 is 0. The van der Waals surface area contributed by atoms with Gasteiger partial charge < -0.3 is 10.6 Å². The van der Waals surface area contributed by atoms with Gasteiger partial charge in [0.25, 0.3) is 0 Å². The molecule has 19 heavy (non-hydrogen) atoms. The molecule has 4 heteroatoms. The lowest BCUT2D eigenvalue weighted by molar-refractivity contribution is 0.128. The molecule has 2 heterocycles. The highest BCUT2D eigenvalue weighted by molar-refractivity contribution is 5.40. The van der Waals surface area contributed by atoms with Crippen molar-refractivity contribution < 1.29 is 0 Å². The van der Waals surface area contributed by atoms with Crippen molar-refractivity contribution in [3.8, 4) is 0 Å². The summed E-state index contributed by atoms with van der Waals surface area (Å²) in [5, 5.41) is 0. The van der Waals surface area contributed by atoms with Crippen molar-refractivity contribution in [2.24, 2.45) is 5.73 Å². The van der Waals surface area contributed by atoms with Gasteiger partial charge in [0.15, 0.2) is 0 Å². The zero-order chi connectivity index (χ0) is 14.0. The van der Waals surface area contributed by atoms with Crippen LogP contribution in [0.25, 0.3) is 0 Å². The van der Waals surface area contributed by atoms with Crippen LogP contribution in [0.3, 0.4) is 0 Å². The van der Waals surface area contributed by atoms with Crippen molar-refractivity contribution in [3.05, 3.63) is 23.9 Å². The van der Waals surface area contributed by atoms with Gasteiger partial charge in [-0.25, -0.2) is 4.98 Å². The molecule has 0 spiro atoms. The molecule has 1 aliphatic rings. The maximum atomic E-state index is 5.85. The lowest BCUT2D eigenvalue weighted by atomic mass is 10.0. The van der Waals surface area contributed by atoms with E-state index in [-0.39, 0.29) is 11.6 Å². The van der Waals surface area contributed by atoms with Crippen LogP contribution in [0, 0.1) is 0 Å². The molecule has 1 aliphatic heterocycles. The van der Waals surface area contributed by atoms with E-state index < -0.39 is 0 Å². The third kappa shape index (κ3) is 3.45. The number of hydrogen-bond acceptors (Lipinski definition) is 4. The summed E-state index contributed by atoms with van der Waals surface area (Å²) in [7, 11) is 0. The summed E-state index contributed by atoms with van der Waals surface area (Å²) in [6, 6.07) is 4.23. The van der Waals surface area contributed by atoms with Crippen LogP contribution in [0.4, 0.5) is 5.82 Å². The Kier molecular flexibility index (Phi) is 4.11. The van der Waals surface area contributed by atoms with Crippen LogP contribution >= 0.6 is 0 Å². The minimum atomic E-state index is 0.0549. The van der Waals surface area contributed by atoms with Crippen molar-refractivity contribution in [2.75, 3.05) is 31.1 Å². The van der Waals surface area contributed by atoms with Crippen molar-refractivity contribution in [2.45, 2.75) is 39.3 Å². The second kappa shape index (κ2) is 5.47. The van der Waals surface area contributed by atoms with Crippen LogP contribution in [0.5, 0.6) is 0 Å². The van der Waals surface area contributed by atoms with E-state index in [9.17, 15) is 0 Å². The zero-order valence-electron chi connectivity index (χ0n) is 12.6. The molecule has 0 bridgehead atoms. The number of nitrogens with zero attached hydrogens (tertiary/aromatic N) is 3. The normalized spacial score (nSPS) is 19.5. The Hall–Kier alpha value is -1.13. The average Bonchev–Trinajstić information content (AvgIpc) is 2.38. The minimum Gasteiger partial charge on any atom is -0.354 e. The van der Waals surface area contributed by atoms with Crippen molar-refractivity contribution >= 4 is 5.82 Å². The maximum absolute atomic E-state index is 5.85. The summed E-state index contributed by atoms with van der Waals surface area (Å²) >= 11 is 0. The number of nitrogens with two attached hydrogens (primary N) is 1. The fourth-order valence-corrected chi connectivity index (χ4v) is 2.46. The highest BCUT2D eigenvalue weighted by Crippen LogP contribution is 2.20. The molecule has 1 aromatic heterocycles. The van der Waals surface area contributed by atoms with Gasteiger partial charge in [0.1, 0.15) is 5.82 Å². The van der Waals surface area contributed by atoms with Crippen molar-refractivity contribution in [3.63, 3.8) is 0 Å². The van der Waals surface area contributed by atoms with Gasteiger partial charge in [-0.15, -0.1) is 0 Å². The Morgan fingerprint density at radius 1 is 1.16 bits per heavy atom. The van der Waals surface area contributed by atoms with Crippen LogP contribution in [-0.4, -0.2) is 41.6 Å². The van der Waals surface area contributed by atoms with Crippen LogP contribution in [0.15, 0.2) is 18.3 Å². The number of piperazine rings is 1. The standard InChI is InChI=1S/C15H26N4/c1-12(16)13-5-6-14(17-11-13)18-7-9-19(10-8-18)15(2,3)4/h5-6,11-12H,7-10,16H2,1-4H3. The monoisotopic (exact) mass is 262 g/mol. The summed E-state index contributed by atoms with van der Waals surface area (Å²) in [5.74, 6) is 1.07. The molecule has 2 rings (SSSR count). The molecule has 106 valence electrons. The van der Waals surface area contributed by atoms with Gasteiger partial charge >= 0.3 is 0 Å². The number of rotatable bonds is 2. The molecular weight excluding hydrogens is 236 g/mol. The Balaban J connectivity index is 1.98. The summed E-state index contributed by atoms with van der Waals surface area (Å²) in [6.07, 6.45) is 1.90. The molecule has 0 amide bonds. The summed E-state index contributed by atoms with van der Waals surface area (Å²) in [5.41, 5.74) is 7.20. The van der Waals surface area contributed by atoms with Gasteiger partial charge in [-0.05, 0) is 39.3 Å². The first-order chi connectivity index (χ1) is 8.88. The lowest BCUT2D eigenvalue weighted by Crippen LogP contribution is -2.53. The summed E-state index contributed by atoms with van der Waals surface area (Å²) in [6.45, 7) is 13.1. The number of aromatic nitrogens is 1. The van der Waals surface area contributed by atoms with Gasteiger partial charge in [-0.1, -0.05) is 6.07 Å². The topological polar surface area (TPSA) is 45.4 Å². The first kappa shape index (κ1) is 14.3. The zero-order valence-corrected chi connectivity index (χ0v) is 12.6. The Morgan fingerprint density at radius 2 is 1.79 bits per heavy atom. The Labute approximate surface area is 116 Å². The van der Waals surface area contributed by atoms with Crippen LogP contribution < -0.4 is 10.6 Å². The first-order valence-electron chi connectivity index (χ1n) is 7.09. The van der Waals surface area contributed by atoms with Crippen LogP contribution in [0.2, 0.25) is 0 Å². The van der Waals surface area contributed by atoms with E-state index in [0.29, 0.717) is 0 Å². The smallest absolute Gasteiger partial charge is 0.128 e. The first-order valence-corrected chi connectivity index (χ1v) is 7.09. The fraction of sp³-hybridized carbons (Fsp3) is 0.667. The van der Waals surface area contributed by atoms with Crippen LogP contribution in [-0.2, 0) is 0 Å². The van der Waals surface area contributed by atoms with Gasteiger partial charge in [0.05, 0.1) is 0 Å². The third-order valence-corrected chi connectivity index (χ3v) is 3.85. The molecule has 2 N–H and O–H groups in total. The molecule has 1 aromatic rings. The van der Waals surface area contributed by atoms with E-state index in [1.807, 2.05) is 13.1 Å². The van der Waals surface area contributed by atoms with E-state index in [4.69, 9.17) is 5.73 Å². The second-order valence-corrected chi connectivity index (χ2v) is 6.38.